The molecule has 3 nitrogen and oxygen atoms in total. The molecule has 0 fully saturated rings. The third kappa shape index (κ3) is 4.00. The van der Waals surface area contributed by atoms with Gasteiger partial charge >= 0.3 is 0 Å². The molecule has 96 valence electrons. The van der Waals surface area contributed by atoms with Gasteiger partial charge in [-0.3, -0.25) is 4.98 Å². The van der Waals surface area contributed by atoms with Crippen LogP contribution in [0.15, 0.2) is 12.3 Å². The summed E-state index contributed by atoms with van der Waals surface area (Å²) in [5, 5.41) is 3.45. The average molecular weight is 235 g/mol. The van der Waals surface area contributed by atoms with E-state index in [0.717, 1.165) is 31.9 Å². The maximum atomic E-state index is 4.40. The number of nitrogens with zero attached hydrogens (tertiary/aromatic N) is 2. The fourth-order valence-electron chi connectivity index (χ4n) is 1.97. The lowest BCUT2D eigenvalue weighted by atomic mass is 10.2. The van der Waals surface area contributed by atoms with E-state index in [4.69, 9.17) is 0 Å². The number of aryl methyl sites for hydroxylation is 1. The van der Waals surface area contributed by atoms with Gasteiger partial charge < -0.3 is 10.2 Å². The zero-order valence-corrected chi connectivity index (χ0v) is 11.6. The summed E-state index contributed by atoms with van der Waals surface area (Å²) in [6.07, 6.45) is 3.17. The van der Waals surface area contributed by atoms with Crippen LogP contribution >= 0.6 is 0 Å². The standard InChI is InChI=1S/C14H25N3/c1-5-8-15-10-13-11-16-12(4)9-14(13)17(6-2)7-3/h9,11,15H,5-8,10H2,1-4H3. The van der Waals surface area contributed by atoms with E-state index in [1.165, 1.54) is 17.7 Å². The molecule has 0 spiro atoms. The molecule has 0 bridgehead atoms. The van der Waals surface area contributed by atoms with Crippen molar-refractivity contribution >= 4 is 5.69 Å². The number of rotatable bonds is 7. The van der Waals surface area contributed by atoms with Crippen LogP contribution in [-0.2, 0) is 6.54 Å². The number of nitrogens with one attached hydrogen (secondary N) is 1. The summed E-state index contributed by atoms with van der Waals surface area (Å²) >= 11 is 0. The van der Waals surface area contributed by atoms with E-state index in [2.05, 4.69) is 49.0 Å². The van der Waals surface area contributed by atoms with Crippen LogP contribution in [0.2, 0.25) is 0 Å². The van der Waals surface area contributed by atoms with Crippen molar-refractivity contribution in [1.29, 1.82) is 0 Å². The fraction of sp³-hybridized carbons (Fsp3) is 0.643. The molecule has 3 heteroatoms. The fourth-order valence-corrected chi connectivity index (χ4v) is 1.97. The molecule has 0 amide bonds. The van der Waals surface area contributed by atoms with Crippen LogP contribution in [-0.4, -0.2) is 24.6 Å². The minimum absolute atomic E-state index is 0.910. The summed E-state index contributed by atoms with van der Waals surface area (Å²) in [6.45, 7) is 12.7. The van der Waals surface area contributed by atoms with E-state index in [-0.39, 0.29) is 0 Å². The summed E-state index contributed by atoms with van der Waals surface area (Å²) in [5.41, 5.74) is 3.71. The first-order valence-electron chi connectivity index (χ1n) is 6.64. The molecule has 0 atom stereocenters. The predicted octanol–water partition coefficient (Wildman–Crippen LogP) is 2.74. The SMILES string of the molecule is CCCNCc1cnc(C)cc1N(CC)CC. The van der Waals surface area contributed by atoms with Gasteiger partial charge in [-0.1, -0.05) is 6.92 Å². The van der Waals surface area contributed by atoms with Gasteiger partial charge in [0.05, 0.1) is 0 Å². The smallest absolute Gasteiger partial charge is 0.0445 e. The molecule has 1 aromatic rings. The van der Waals surface area contributed by atoms with Crippen LogP contribution < -0.4 is 10.2 Å². The van der Waals surface area contributed by atoms with E-state index >= 15 is 0 Å². The van der Waals surface area contributed by atoms with Crippen molar-refractivity contribution in [3.05, 3.63) is 23.5 Å². The van der Waals surface area contributed by atoms with Crippen LogP contribution in [0, 0.1) is 6.92 Å². The molecule has 0 saturated carbocycles. The first-order chi connectivity index (χ1) is 8.22. The van der Waals surface area contributed by atoms with E-state index in [1.807, 2.05) is 6.20 Å². The van der Waals surface area contributed by atoms with Gasteiger partial charge in [-0.05, 0) is 39.8 Å². The van der Waals surface area contributed by atoms with Gasteiger partial charge in [-0.2, -0.15) is 0 Å². The summed E-state index contributed by atoms with van der Waals surface area (Å²) in [6, 6.07) is 2.19. The Bertz CT molecular complexity index is 332. The number of anilines is 1. The maximum absolute atomic E-state index is 4.40. The highest BCUT2D eigenvalue weighted by Crippen LogP contribution is 2.20. The molecule has 0 unspecified atom stereocenters. The minimum atomic E-state index is 0.910. The summed E-state index contributed by atoms with van der Waals surface area (Å²) in [5.74, 6) is 0. The van der Waals surface area contributed by atoms with Gasteiger partial charge in [0.25, 0.3) is 0 Å². The number of aromatic nitrogens is 1. The quantitative estimate of drug-likeness (QED) is 0.737. The van der Waals surface area contributed by atoms with Crippen molar-refractivity contribution < 1.29 is 0 Å². The van der Waals surface area contributed by atoms with E-state index in [0.29, 0.717) is 0 Å². The molecule has 0 aliphatic carbocycles. The zero-order valence-electron chi connectivity index (χ0n) is 11.6. The summed E-state index contributed by atoms with van der Waals surface area (Å²) in [4.78, 5) is 6.79. The van der Waals surface area contributed by atoms with E-state index in [9.17, 15) is 0 Å². The molecule has 0 aliphatic heterocycles. The molecular formula is C14H25N3. The van der Waals surface area contributed by atoms with Crippen LogP contribution in [0.3, 0.4) is 0 Å². The van der Waals surface area contributed by atoms with Crippen molar-refractivity contribution in [2.45, 2.75) is 40.7 Å². The van der Waals surface area contributed by atoms with Gasteiger partial charge in [-0.15, -0.1) is 0 Å². The Morgan fingerprint density at radius 2 is 1.94 bits per heavy atom. The lowest BCUT2D eigenvalue weighted by molar-refractivity contribution is 0.671. The van der Waals surface area contributed by atoms with Crippen LogP contribution in [0.1, 0.15) is 38.4 Å². The topological polar surface area (TPSA) is 28.2 Å². The predicted molar refractivity (Wildman–Crippen MR) is 74.5 cm³/mol. The van der Waals surface area contributed by atoms with Gasteiger partial charge in [-0.25, -0.2) is 0 Å². The second kappa shape index (κ2) is 7.28. The zero-order chi connectivity index (χ0) is 12.7. The number of pyridine rings is 1. The van der Waals surface area contributed by atoms with Gasteiger partial charge in [0.1, 0.15) is 0 Å². The number of hydrogen-bond donors (Lipinski definition) is 1. The Morgan fingerprint density at radius 3 is 2.53 bits per heavy atom. The molecule has 0 aromatic carbocycles. The third-order valence-corrected chi connectivity index (χ3v) is 2.94. The molecule has 1 N–H and O–H groups in total. The second-order valence-corrected chi connectivity index (χ2v) is 4.30. The van der Waals surface area contributed by atoms with Gasteiger partial charge in [0.2, 0.25) is 0 Å². The van der Waals surface area contributed by atoms with Crippen molar-refractivity contribution in [2.24, 2.45) is 0 Å². The maximum Gasteiger partial charge on any atom is 0.0445 e. The second-order valence-electron chi connectivity index (χ2n) is 4.30. The van der Waals surface area contributed by atoms with Crippen molar-refractivity contribution in [2.75, 3.05) is 24.5 Å². The third-order valence-electron chi connectivity index (χ3n) is 2.94. The molecule has 0 radical (unpaired) electrons. The lowest BCUT2D eigenvalue weighted by Crippen LogP contribution is -2.25. The van der Waals surface area contributed by atoms with Gasteiger partial charge in [0.15, 0.2) is 0 Å². The van der Waals surface area contributed by atoms with Crippen LogP contribution in [0.4, 0.5) is 5.69 Å². The summed E-state index contributed by atoms with van der Waals surface area (Å²) < 4.78 is 0. The highest BCUT2D eigenvalue weighted by molar-refractivity contribution is 5.53. The normalized spacial score (nSPS) is 10.6. The first kappa shape index (κ1) is 14.0. The van der Waals surface area contributed by atoms with Gasteiger partial charge in [0, 0.05) is 42.8 Å². The van der Waals surface area contributed by atoms with E-state index in [1.54, 1.807) is 0 Å². The number of hydrogen-bond acceptors (Lipinski definition) is 3. The monoisotopic (exact) mass is 235 g/mol. The molecular weight excluding hydrogens is 210 g/mol. The largest absolute Gasteiger partial charge is 0.372 e. The van der Waals surface area contributed by atoms with Crippen molar-refractivity contribution in [3.8, 4) is 0 Å². The Labute approximate surface area is 105 Å². The lowest BCUT2D eigenvalue weighted by Gasteiger charge is -2.24. The highest BCUT2D eigenvalue weighted by atomic mass is 15.1. The Hall–Kier alpha value is -1.09. The average Bonchev–Trinajstić information content (AvgIpc) is 2.33. The van der Waals surface area contributed by atoms with Crippen LogP contribution in [0.25, 0.3) is 0 Å². The molecule has 1 heterocycles. The summed E-state index contributed by atoms with van der Waals surface area (Å²) in [7, 11) is 0. The molecule has 1 aromatic heterocycles. The molecule has 0 aliphatic rings. The van der Waals surface area contributed by atoms with E-state index < -0.39 is 0 Å². The van der Waals surface area contributed by atoms with Crippen LogP contribution in [0.5, 0.6) is 0 Å². The van der Waals surface area contributed by atoms with Crippen molar-refractivity contribution in [1.82, 2.24) is 10.3 Å². The van der Waals surface area contributed by atoms with Crippen molar-refractivity contribution in [3.63, 3.8) is 0 Å². The Kier molecular flexibility index (Phi) is 5.98. The Balaban J connectivity index is 2.86. The molecule has 17 heavy (non-hydrogen) atoms. The highest BCUT2D eigenvalue weighted by Gasteiger charge is 2.08. The molecule has 0 saturated heterocycles. The minimum Gasteiger partial charge on any atom is -0.372 e. The first-order valence-corrected chi connectivity index (χ1v) is 6.64. The molecule has 1 rings (SSSR count). The Morgan fingerprint density at radius 1 is 1.24 bits per heavy atom.